The minimum atomic E-state index is -1.09. The molecule has 2 aromatic rings. The predicted molar refractivity (Wildman–Crippen MR) is 63.2 cm³/mol. The number of carboxylic acids is 1. The topological polar surface area (TPSA) is 81.5 Å². The summed E-state index contributed by atoms with van der Waals surface area (Å²) in [6.07, 6.45) is 0. The number of benzene rings is 1. The molecule has 7 heteroatoms. The van der Waals surface area contributed by atoms with E-state index in [2.05, 4.69) is 8.75 Å². The molecular weight excluding hydrogens is 256 g/mol. The maximum atomic E-state index is 11.0. The van der Waals surface area contributed by atoms with E-state index in [1.807, 2.05) is 13.0 Å². The summed E-state index contributed by atoms with van der Waals surface area (Å²) in [7, 11) is 0. The highest BCUT2D eigenvalue weighted by Gasteiger charge is 2.22. The van der Waals surface area contributed by atoms with Crippen molar-refractivity contribution in [2.45, 2.75) is 6.92 Å². The van der Waals surface area contributed by atoms with Crippen molar-refractivity contribution in [1.29, 1.82) is 0 Å². The number of fused-ring (bicyclic) bond motifs is 1. The van der Waals surface area contributed by atoms with Gasteiger partial charge in [-0.05, 0) is 24.6 Å². The van der Waals surface area contributed by atoms with E-state index in [0.717, 1.165) is 17.3 Å². The Hall–Kier alpha value is -2.15. The lowest BCUT2D eigenvalue weighted by molar-refractivity contribution is 0.0692. The normalized spacial score (nSPS) is 12.7. The van der Waals surface area contributed by atoms with Gasteiger partial charge < -0.3 is 14.6 Å². The van der Waals surface area contributed by atoms with Crippen LogP contribution >= 0.6 is 11.7 Å². The van der Waals surface area contributed by atoms with Crippen molar-refractivity contribution in [3.63, 3.8) is 0 Å². The van der Waals surface area contributed by atoms with Crippen LogP contribution < -0.4 is 9.47 Å². The lowest BCUT2D eigenvalue weighted by Crippen LogP contribution is -1.99. The van der Waals surface area contributed by atoms with Gasteiger partial charge in [-0.15, -0.1) is 0 Å². The number of aryl methyl sites for hydroxylation is 1. The van der Waals surface area contributed by atoms with E-state index in [4.69, 9.17) is 14.6 Å². The average Bonchev–Trinajstić information content (AvgIpc) is 2.94. The molecule has 2 heterocycles. The summed E-state index contributed by atoms with van der Waals surface area (Å²) >= 11 is 0.878. The highest BCUT2D eigenvalue weighted by molar-refractivity contribution is 6.99. The molecule has 1 aliphatic heterocycles. The molecule has 6 nitrogen and oxygen atoms in total. The molecule has 0 aliphatic carbocycles. The van der Waals surface area contributed by atoms with Gasteiger partial charge in [-0.1, -0.05) is 0 Å². The van der Waals surface area contributed by atoms with Crippen LogP contribution in [-0.2, 0) is 0 Å². The van der Waals surface area contributed by atoms with Crippen LogP contribution in [0.2, 0.25) is 0 Å². The number of aromatic nitrogens is 2. The minimum Gasteiger partial charge on any atom is -0.476 e. The summed E-state index contributed by atoms with van der Waals surface area (Å²) in [6, 6.07) is 3.55. The summed E-state index contributed by atoms with van der Waals surface area (Å²) in [4.78, 5) is 11.0. The van der Waals surface area contributed by atoms with Crippen LogP contribution in [0.5, 0.6) is 11.5 Å². The molecule has 0 bridgehead atoms. The number of nitrogens with zero attached hydrogens (tertiary/aromatic N) is 2. The van der Waals surface area contributed by atoms with E-state index in [1.54, 1.807) is 6.07 Å². The fourth-order valence-corrected chi connectivity index (χ4v) is 2.36. The smallest absolute Gasteiger partial charge is 0.357 e. The molecule has 0 radical (unpaired) electrons. The Morgan fingerprint density at radius 3 is 2.78 bits per heavy atom. The molecule has 0 atom stereocenters. The van der Waals surface area contributed by atoms with E-state index in [0.29, 0.717) is 22.8 Å². The van der Waals surface area contributed by atoms with Crippen molar-refractivity contribution in [2.75, 3.05) is 6.79 Å². The first-order valence-electron chi connectivity index (χ1n) is 5.13. The number of ether oxygens (including phenoxy) is 2. The zero-order valence-electron chi connectivity index (χ0n) is 9.34. The second-order valence-corrected chi connectivity index (χ2v) is 4.32. The molecule has 0 saturated heterocycles. The van der Waals surface area contributed by atoms with E-state index in [-0.39, 0.29) is 12.5 Å². The predicted octanol–water partition coefficient (Wildman–Crippen LogP) is 1.94. The molecule has 0 unspecified atom stereocenters. The second-order valence-electron chi connectivity index (χ2n) is 3.79. The van der Waals surface area contributed by atoms with Crippen LogP contribution in [0.1, 0.15) is 16.1 Å². The van der Waals surface area contributed by atoms with Gasteiger partial charge >= 0.3 is 5.97 Å². The zero-order valence-corrected chi connectivity index (χ0v) is 10.2. The molecule has 0 saturated carbocycles. The minimum absolute atomic E-state index is 0.0398. The van der Waals surface area contributed by atoms with Crippen LogP contribution in [-0.4, -0.2) is 26.6 Å². The number of rotatable bonds is 2. The van der Waals surface area contributed by atoms with Gasteiger partial charge in [0.15, 0.2) is 17.2 Å². The molecule has 1 aromatic carbocycles. The number of carbonyl (C=O) groups is 1. The van der Waals surface area contributed by atoms with Gasteiger partial charge in [0.05, 0.1) is 11.7 Å². The Kier molecular flexibility index (Phi) is 2.41. The quantitative estimate of drug-likeness (QED) is 0.892. The van der Waals surface area contributed by atoms with Crippen LogP contribution in [0.3, 0.4) is 0 Å². The Bertz CT molecular complexity index is 638. The molecule has 18 heavy (non-hydrogen) atoms. The fourth-order valence-electron chi connectivity index (χ4n) is 1.80. The SMILES string of the molecule is Cc1cc2c(cc1-c1nsnc1C(=O)O)OCO2. The Morgan fingerprint density at radius 1 is 1.33 bits per heavy atom. The number of hydrogen-bond donors (Lipinski definition) is 1. The summed E-state index contributed by atoms with van der Waals surface area (Å²) in [5.41, 5.74) is 1.89. The van der Waals surface area contributed by atoms with Crippen LogP contribution in [0.4, 0.5) is 0 Å². The highest BCUT2D eigenvalue weighted by Crippen LogP contribution is 2.38. The molecule has 3 rings (SSSR count). The van der Waals surface area contributed by atoms with Gasteiger partial charge in [-0.25, -0.2) is 4.79 Å². The summed E-state index contributed by atoms with van der Waals surface area (Å²) in [5.74, 6) is 0.173. The van der Waals surface area contributed by atoms with Crippen molar-refractivity contribution in [2.24, 2.45) is 0 Å². The van der Waals surface area contributed by atoms with Gasteiger partial charge in [-0.2, -0.15) is 8.75 Å². The largest absolute Gasteiger partial charge is 0.476 e. The van der Waals surface area contributed by atoms with Crippen molar-refractivity contribution in [1.82, 2.24) is 8.75 Å². The number of carboxylic acid groups (broad SMARTS) is 1. The average molecular weight is 264 g/mol. The number of hydrogen-bond acceptors (Lipinski definition) is 6. The zero-order chi connectivity index (χ0) is 12.7. The summed E-state index contributed by atoms with van der Waals surface area (Å²) in [5, 5.41) is 9.05. The van der Waals surface area contributed by atoms with Crippen molar-refractivity contribution in [3.8, 4) is 22.8 Å². The Labute approximate surface area is 106 Å². The van der Waals surface area contributed by atoms with Gasteiger partial charge in [-0.3, -0.25) is 0 Å². The second kappa shape index (κ2) is 3.95. The molecule has 0 amide bonds. The molecule has 1 aromatic heterocycles. The number of aromatic carboxylic acids is 1. The van der Waals surface area contributed by atoms with Crippen molar-refractivity contribution in [3.05, 3.63) is 23.4 Å². The summed E-state index contributed by atoms with van der Waals surface area (Å²) < 4.78 is 18.4. The van der Waals surface area contributed by atoms with Crippen LogP contribution in [0.25, 0.3) is 11.3 Å². The molecule has 1 N–H and O–H groups in total. The monoisotopic (exact) mass is 264 g/mol. The van der Waals surface area contributed by atoms with Crippen LogP contribution in [0, 0.1) is 6.92 Å². The van der Waals surface area contributed by atoms with Crippen molar-refractivity contribution >= 4 is 17.7 Å². The Morgan fingerprint density at radius 2 is 2.06 bits per heavy atom. The lowest BCUT2D eigenvalue weighted by Gasteiger charge is -2.05. The van der Waals surface area contributed by atoms with Gasteiger partial charge in [0.1, 0.15) is 5.69 Å². The van der Waals surface area contributed by atoms with Crippen molar-refractivity contribution < 1.29 is 19.4 Å². The molecule has 1 aliphatic rings. The highest BCUT2D eigenvalue weighted by atomic mass is 32.1. The van der Waals surface area contributed by atoms with Gasteiger partial charge in [0.2, 0.25) is 6.79 Å². The third kappa shape index (κ3) is 1.60. The molecule has 0 spiro atoms. The molecular formula is C11H8N2O4S. The van der Waals surface area contributed by atoms with E-state index in [9.17, 15) is 4.79 Å². The van der Waals surface area contributed by atoms with E-state index >= 15 is 0 Å². The van der Waals surface area contributed by atoms with Gasteiger partial charge in [0, 0.05) is 5.56 Å². The maximum absolute atomic E-state index is 11.0. The maximum Gasteiger partial charge on any atom is 0.357 e. The van der Waals surface area contributed by atoms with Crippen LogP contribution in [0.15, 0.2) is 12.1 Å². The third-order valence-electron chi connectivity index (χ3n) is 2.67. The first kappa shape index (κ1) is 11.0. The lowest BCUT2D eigenvalue weighted by atomic mass is 10.0. The van der Waals surface area contributed by atoms with Gasteiger partial charge in [0.25, 0.3) is 0 Å². The third-order valence-corrected chi connectivity index (χ3v) is 3.19. The first-order chi connectivity index (χ1) is 8.66. The fraction of sp³-hybridized carbons (Fsp3) is 0.182. The first-order valence-corrected chi connectivity index (χ1v) is 5.86. The standard InChI is InChI=1S/C11H8N2O4S/c1-5-2-7-8(17-4-16-7)3-6(5)9-10(11(14)15)13-18-12-9/h2-3H,4H2,1H3,(H,14,15). The van der Waals surface area contributed by atoms with E-state index < -0.39 is 5.97 Å². The van der Waals surface area contributed by atoms with E-state index in [1.165, 1.54) is 0 Å². The Balaban J connectivity index is 2.17. The summed E-state index contributed by atoms with van der Waals surface area (Å²) in [6.45, 7) is 2.04. The molecule has 92 valence electrons. The molecule has 0 fully saturated rings.